The van der Waals surface area contributed by atoms with Crippen LogP contribution in [0, 0.1) is 6.92 Å². The van der Waals surface area contributed by atoms with Gasteiger partial charge >= 0.3 is 5.97 Å². The van der Waals surface area contributed by atoms with Gasteiger partial charge in [0, 0.05) is 18.0 Å². The molecule has 6 nitrogen and oxygen atoms in total. The lowest BCUT2D eigenvalue weighted by atomic mass is 9.85. The largest absolute Gasteiger partial charge is 0.478 e. The Labute approximate surface area is 149 Å². The molecule has 0 fully saturated rings. The molecule has 0 radical (unpaired) electrons. The van der Waals surface area contributed by atoms with Crippen molar-refractivity contribution < 1.29 is 22.5 Å². The lowest BCUT2D eigenvalue weighted by Gasteiger charge is -2.34. The van der Waals surface area contributed by atoms with E-state index < -0.39 is 33.1 Å². The zero-order valence-corrected chi connectivity index (χ0v) is 15.8. The standard InChI is InChI=1S/C16H20BrNO5S/c1-3-11-12(16(19)20)8-13(15(18)14(11)17)23-24(21,22)10-6-4-9(2)5-7-10/h4-7,13-15H,3,8,18H2,1-2H3,(H,19,20)/t13-,14-,15-/m1/s1. The fourth-order valence-corrected chi connectivity index (χ4v) is 4.75. The summed E-state index contributed by atoms with van der Waals surface area (Å²) in [5.41, 5.74) is 7.85. The van der Waals surface area contributed by atoms with Gasteiger partial charge in [-0.25, -0.2) is 4.79 Å². The summed E-state index contributed by atoms with van der Waals surface area (Å²) < 4.78 is 30.2. The molecule has 8 heteroatoms. The van der Waals surface area contributed by atoms with E-state index in [0.29, 0.717) is 12.0 Å². The van der Waals surface area contributed by atoms with Gasteiger partial charge in [0.25, 0.3) is 10.1 Å². The highest BCUT2D eigenvalue weighted by molar-refractivity contribution is 9.09. The molecule has 0 amide bonds. The first-order valence-electron chi connectivity index (χ1n) is 7.52. The van der Waals surface area contributed by atoms with Crippen LogP contribution in [0.4, 0.5) is 0 Å². The molecule has 0 saturated carbocycles. The first-order chi connectivity index (χ1) is 11.2. The fourth-order valence-electron chi connectivity index (χ4n) is 2.71. The van der Waals surface area contributed by atoms with Crippen LogP contribution in [0.1, 0.15) is 25.3 Å². The molecule has 1 aliphatic rings. The van der Waals surface area contributed by atoms with Crippen LogP contribution in [0.15, 0.2) is 40.3 Å². The van der Waals surface area contributed by atoms with Gasteiger partial charge in [-0.3, -0.25) is 4.18 Å². The number of carbonyl (C=O) groups is 1. The van der Waals surface area contributed by atoms with E-state index in [9.17, 15) is 18.3 Å². The molecule has 1 aromatic carbocycles. The highest BCUT2D eigenvalue weighted by atomic mass is 79.9. The molecule has 0 bridgehead atoms. The fraction of sp³-hybridized carbons (Fsp3) is 0.438. The number of hydrogen-bond acceptors (Lipinski definition) is 5. The average Bonchev–Trinajstić information content (AvgIpc) is 2.51. The molecular weight excluding hydrogens is 398 g/mol. The van der Waals surface area contributed by atoms with E-state index in [0.717, 1.165) is 5.56 Å². The molecule has 132 valence electrons. The van der Waals surface area contributed by atoms with Gasteiger partial charge in [-0.1, -0.05) is 40.5 Å². The molecule has 1 aliphatic carbocycles. The van der Waals surface area contributed by atoms with Gasteiger partial charge in [0.1, 0.15) is 0 Å². The topological polar surface area (TPSA) is 107 Å². The summed E-state index contributed by atoms with van der Waals surface area (Å²) in [5, 5.41) is 9.38. The van der Waals surface area contributed by atoms with E-state index in [4.69, 9.17) is 9.92 Å². The Bertz CT molecular complexity index is 757. The van der Waals surface area contributed by atoms with Gasteiger partial charge in [0.2, 0.25) is 0 Å². The first-order valence-corrected chi connectivity index (χ1v) is 9.84. The zero-order valence-electron chi connectivity index (χ0n) is 13.4. The first kappa shape index (κ1) is 19.1. The van der Waals surface area contributed by atoms with Gasteiger partial charge in [-0.2, -0.15) is 8.42 Å². The number of alkyl halides is 1. The molecule has 0 aromatic heterocycles. The number of halogens is 1. The van der Waals surface area contributed by atoms with E-state index >= 15 is 0 Å². The van der Waals surface area contributed by atoms with Crippen LogP contribution in [0.25, 0.3) is 0 Å². The second-order valence-electron chi connectivity index (χ2n) is 5.75. The number of carboxylic acids is 1. The van der Waals surface area contributed by atoms with Crippen LogP contribution < -0.4 is 5.73 Å². The Morgan fingerprint density at radius 3 is 2.46 bits per heavy atom. The van der Waals surface area contributed by atoms with Crippen molar-refractivity contribution in [3.8, 4) is 0 Å². The molecule has 0 spiro atoms. The number of carboxylic acid groups (broad SMARTS) is 1. The summed E-state index contributed by atoms with van der Waals surface area (Å²) in [5.74, 6) is -1.08. The maximum absolute atomic E-state index is 12.4. The third-order valence-corrected chi connectivity index (χ3v) is 6.61. The molecule has 0 heterocycles. The van der Waals surface area contributed by atoms with E-state index in [1.54, 1.807) is 12.1 Å². The van der Waals surface area contributed by atoms with Gasteiger partial charge in [0.15, 0.2) is 0 Å². The average molecular weight is 418 g/mol. The number of aliphatic carboxylic acids is 1. The molecule has 2 rings (SSSR count). The molecule has 3 atom stereocenters. The van der Waals surface area contributed by atoms with Gasteiger partial charge in [0.05, 0.1) is 15.8 Å². The minimum Gasteiger partial charge on any atom is -0.478 e. The molecule has 24 heavy (non-hydrogen) atoms. The Kier molecular flexibility index (Phi) is 5.85. The summed E-state index contributed by atoms with van der Waals surface area (Å²) in [6, 6.07) is 5.58. The second-order valence-corrected chi connectivity index (χ2v) is 8.31. The second kappa shape index (κ2) is 7.35. The number of rotatable bonds is 5. The molecule has 0 unspecified atom stereocenters. The van der Waals surface area contributed by atoms with E-state index in [1.165, 1.54) is 12.1 Å². The molecule has 0 saturated heterocycles. The maximum atomic E-state index is 12.4. The monoisotopic (exact) mass is 417 g/mol. The normalized spacial score (nSPS) is 24.9. The van der Waals surface area contributed by atoms with E-state index in [-0.39, 0.29) is 16.9 Å². The van der Waals surface area contributed by atoms with Crippen molar-refractivity contribution in [3.05, 3.63) is 41.0 Å². The van der Waals surface area contributed by atoms with Crippen LogP contribution in [-0.4, -0.2) is 36.5 Å². The van der Waals surface area contributed by atoms with Crippen LogP contribution >= 0.6 is 15.9 Å². The lowest BCUT2D eigenvalue weighted by molar-refractivity contribution is -0.133. The predicted molar refractivity (Wildman–Crippen MR) is 93.5 cm³/mol. The summed E-state index contributed by atoms with van der Waals surface area (Å²) in [6.07, 6.45) is -0.475. The van der Waals surface area contributed by atoms with Crippen molar-refractivity contribution in [1.82, 2.24) is 0 Å². The van der Waals surface area contributed by atoms with Crippen LogP contribution in [0.5, 0.6) is 0 Å². The van der Waals surface area contributed by atoms with E-state index in [2.05, 4.69) is 15.9 Å². The summed E-state index contributed by atoms with van der Waals surface area (Å²) in [6.45, 7) is 3.68. The summed E-state index contributed by atoms with van der Waals surface area (Å²) in [7, 11) is -4.02. The smallest absolute Gasteiger partial charge is 0.331 e. The van der Waals surface area contributed by atoms with Crippen molar-refractivity contribution in [2.24, 2.45) is 5.73 Å². The number of aryl methyl sites for hydroxylation is 1. The summed E-state index contributed by atoms with van der Waals surface area (Å²) in [4.78, 5) is 11.0. The van der Waals surface area contributed by atoms with Crippen molar-refractivity contribution in [2.45, 2.75) is 48.6 Å². The minimum atomic E-state index is -4.02. The van der Waals surface area contributed by atoms with Crippen molar-refractivity contribution in [1.29, 1.82) is 0 Å². The zero-order chi connectivity index (χ0) is 18.1. The van der Waals surface area contributed by atoms with Gasteiger partial charge < -0.3 is 10.8 Å². The SMILES string of the molecule is CCC1=C(C(=O)O)C[C@@H](OS(=O)(=O)c2ccc(C)cc2)[C@@H](N)[C@@H]1Br. The van der Waals surface area contributed by atoms with Crippen molar-refractivity contribution in [3.63, 3.8) is 0 Å². The molecule has 0 aliphatic heterocycles. The van der Waals surface area contributed by atoms with Crippen LogP contribution in [0.3, 0.4) is 0 Å². The van der Waals surface area contributed by atoms with Gasteiger partial charge in [-0.05, 0) is 31.1 Å². The predicted octanol–water partition coefficient (Wildman–Crippen LogP) is 2.35. The maximum Gasteiger partial charge on any atom is 0.331 e. The molecular formula is C16H20BrNO5S. The van der Waals surface area contributed by atoms with E-state index in [1.807, 2.05) is 13.8 Å². The number of nitrogens with two attached hydrogens (primary N) is 1. The molecule has 3 N–H and O–H groups in total. The van der Waals surface area contributed by atoms with Crippen LogP contribution in [-0.2, 0) is 19.1 Å². The third-order valence-electron chi connectivity index (χ3n) is 4.09. The highest BCUT2D eigenvalue weighted by Crippen LogP contribution is 2.34. The van der Waals surface area contributed by atoms with Crippen LogP contribution in [0.2, 0.25) is 0 Å². The minimum absolute atomic E-state index is 0.0218. The van der Waals surface area contributed by atoms with Gasteiger partial charge in [-0.15, -0.1) is 0 Å². The third kappa shape index (κ3) is 3.88. The molecule has 1 aromatic rings. The van der Waals surface area contributed by atoms with Crippen molar-refractivity contribution in [2.75, 3.05) is 0 Å². The quantitative estimate of drug-likeness (QED) is 0.562. The number of benzene rings is 1. The lowest BCUT2D eigenvalue weighted by Crippen LogP contribution is -2.49. The Hall–Kier alpha value is -1.22. The summed E-state index contributed by atoms with van der Waals surface area (Å²) >= 11 is 3.38. The Morgan fingerprint density at radius 2 is 1.96 bits per heavy atom. The Morgan fingerprint density at radius 1 is 1.38 bits per heavy atom. The van der Waals surface area contributed by atoms with Crippen molar-refractivity contribution >= 4 is 32.0 Å². The Balaban J connectivity index is 2.31. The highest BCUT2D eigenvalue weighted by Gasteiger charge is 2.39. The number of hydrogen-bond donors (Lipinski definition) is 2.